The Morgan fingerprint density at radius 1 is 0.451 bits per heavy atom. The van der Waals surface area contributed by atoms with Crippen LogP contribution < -0.4 is 0 Å². The zero-order chi connectivity index (χ0) is 33.9. The fraction of sp³-hybridized carbons (Fsp3) is 0.0417. The number of hydrogen-bond acceptors (Lipinski definition) is 3. The molecule has 0 spiro atoms. The molecule has 0 radical (unpaired) electrons. The van der Waals surface area contributed by atoms with Crippen LogP contribution in [0.3, 0.4) is 0 Å². The average Bonchev–Trinajstić information content (AvgIpc) is 3.72. The van der Waals surface area contributed by atoms with Crippen LogP contribution in [-0.4, -0.2) is 9.97 Å². The van der Waals surface area contributed by atoms with Crippen LogP contribution in [0.2, 0.25) is 0 Å². The molecule has 0 saturated carbocycles. The number of aromatic nitrogens is 2. The molecule has 0 aliphatic heterocycles. The van der Waals surface area contributed by atoms with Crippen LogP contribution in [0.1, 0.15) is 23.6 Å². The van der Waals surface area contributed by atoms with Crippen molar-refractivity contribution in [2.24, 2.45) is 0 Å². The SMILES string of the molecule is CC1(c2ccccc2)c2ccccc2-c2c(-c3cc(-c4ccc(-c5cccc6c5sc5ccccc56)cc4)nc(-c4ccccc4)n3)cccc21. The fourth-order valence-corrected chi connectivity index (χ4v) is 9.32. The molecule has 2 nitrogen and oxygen atoms in total. The molecule has 1 aliphatic rings. The van der Waals surface area contributed by atoms with Crippen LogP contribution in [0.25, 0.3) is 76.3 Å². The van der Waals surface area contributed by atoms with E-state index in [0.717, 1.165) is 33.9 Å². The van der Waals surface area contributed by atoms with Gasteiger partial charge in [0.05, 0.1) is 11.4 Å². The summed E-state index contributed by atoms with van der Waals surface area (Å²) in [7, 11) is 0. The lowest BCUT2D eigenvalue weighted by molar-refractivity contribution is 0.714. The highest BCUT2D eigenvalue weighted by Gasteiger charge is 2.41. The van der Waals surface area contributed by atoms with Crippen LogP contribution in [-0.2, 0) is 5.41 Å². The largest absolute Gasteiger partial charge is 0.228 e. The van der Waals surface area contributed by atoms with Crippen LogP contribution in [0.5, 0.6) is 0 Å². The van der Waals surface area contributed by atoms with Gasteiger partial charge in [0.15, 0.2) is 5.82 Å². The zero-order valence-corrected chi connectivity index (χ0v) is 28.9. The molecule has 0 amide bonds. The van der Waals surface area contributed by atoms with Crippen molar-refractivity contribution in [2.75, 3.05) is 0 Å². The summed E-state index contributed by atoms with van der Waals surface area (Å²) >= 11 is 1.87. The van der Waals surface area contributed by atoms with Crippen LogP contribution >= 0.6 is 11.3 Å². The van der Waals surface area contributed by atoms with Crippen molar-refractivity contribution in [1.82, 2.24) is 9.97 Å². The first-order valence-electron chi connectivity index (χ1n) is 17.4. The third kappa shape index (κ3) is 4.70. The van der Waals surface area contributed by atoms with E-state index in [1.807, 2.05) is 17.4 Å². The van der Waals surface area contributed by atoms with Gasteiger partial charge in [-0.25, -0.2) is 9.97 Å². The smallest absolute Gasteiger partial charge is 0.160 e. The molecule has 3 heteroatoms. The summed E-state index contributed by atoms with van der Waals surface area (Å²) in [6.45, 7) is 2.36. The second kappa shape index (κ2) is 11.7. The van der Waals surface area contributed by atoms with Crippen LogP contribution in [0, 0.1) is 0 Å². The number of fused-ring (bicyclic) bond motifs is 6. The Morgan fingerprint density at radius 2 is 1.06 bits per heavy atom. The number of benzene rings is 7. The van der Waals surface area contributed by atoms with Gasteiger partial charge in [0.25, 0.3) is 0 Å². The topological polar surface area (TPSA) is 25.8 Å². The maximum Gasteiger partial charge on any atom is 0.160 e. The molecular weight excluding hydrogens is 637 g/mol. The van der Waals surface area contributed by atoms with E-state index in [2.05, 4.69) is 177 Å². The normalized spacial score (nSPS) is 14.8. The molecule has 0 fully saturated rings. The van der Waals surface area contributed by atoms with E-state index in [4.69, 9.17) is 9.97 Å². The monoisotopic (exact) mass is 668 g/mol. The minimum atomic E-state index is -0.283. The van der Waals surface area contributed by atoms with Crippen LogP contribution in [0.4, 0.5) is 0 Å². The second-order valence-corrected chi connectivity index (χ2v) is 14.5. The number of thiophene rings is 1. The van der Waals surface area contributed by atoms with E-state index in [1.54, 1.807) is 0 Å². The Morgan fingerprint density at radius 3 is 1.90 bits per heavy atom. The molecule has 1 aliphatic carbocycles. The zero-order valence-electron chi connectivity index (χ0n) is 28.0. The number of nitrogens with zero attached hydrogens (tertiary/aromatic N) is 2. The standard InChI is InChI=1S/C48H32N2S/c1-48(34-16-6-3-7-17-34)40-23-10-8-19-38(40)45-39(22-13-24-41(45)48)43-30-42(49-47(50-43)33-14-4-2-5-15-33)32-28-26-31(27-29-32)35-20-12-21-37-36-18-9-11-25-44(36)51-46(35)37/h2-30H,1H3. The molecular formula is C48H32N2S. The quantitative estimate of drug-likeness (QED) is 0.182. The van der Waals surface area contributed by atoms with Gasteiger partial charge in [-0.1, -0.05) is 164 Å². The summed E-state index contributed by atoms with van der Waals surface area (Å²) in [6, 6.07) is 63.2. The van der Waals surface area contributed by atoms with Crippen molar-refractivity contribution in [1.29, 1.82) is 0 Å². The number of rotatable bonds is 5. The van der Waals surface area contributed by atoms with Gasteiger partial charge < -0.3 is 0 Å². The first kappa shape index (κ1) is 29.7. The van der Waals surface area contributed by atoms with Gasteiger partial charge in [0.2, 0.25) is 0 Å². The Hall–Kier alpha value is -6.16. The molecule has 0 N–H and O–H groups in total. The minimum Gasteiger partial charge on any atom is -0.228 e. The van der Waals surface area contributed by atoms with Crippen molar-refractivity contribution in [3.63, 3.8) is 0 Å². The summed E-state index contributed by atoms with van der Waals surface area (Å²) in [5, 5.41) is 2.63. The van der Waals surface area contributed by atoms with E-state index in [0.29, 0.717) is 0 Å². The summed E-state index contributed by atoms with van der Waals surface area (Å²) in [6.07, 6.45) is 0. The molecule has 240 valence electrons. The van der Waals surface area contributed by atoms with Gasteiger partial charge in [-0.2, -0.15) is 0 Å². The Balaban J connectivity index is 1.14. The highest BCUT2D eigenvalue weighted by atomic mass is 32.1. The Kier molecular flexibility index (Phi) is 6.83. The highest BCUT2D eigenvalue weighted by molar-refractivity contribution is 7.26. The van der Waals surface area contributed by atoms with Crippen molar-refractivity contribution in [3.05, 3.63) is 193 Å². The van der Waals surface area contributed by atoms with Crippen molar-refractivity contribution in [2.45, 2.75) is 12.3 Å². The van der Waals surface area contributed by atoms with Gasteiger partial charge in [0.1, 0.15) is 0 Å². The molecule has 9 aromatic rings. The van der Waals surface area contributed by atoms with Gasteiger partial charge in [0, 0.05) is 42.3 Å². The van der Waals surface area contributed by atoms with E-state index >= 15 is 0 Å². The lowest BCUT2D eigenvalue weighted by Crippen LogP contribution is -2.22. The molecule has 0 bridgehead atoms. The third-order valence-electron chi connectivity index (χ3n) is 10.6. The van der Waals surface area contributed by atoms with E-state index < -0.39 is 0 Å². The van der Waals surface area contributed by atoms with E-state index in [-0.39, 0.29) is 5.41 Å². The molecule has 51 heavy (non-hydrogen) atoms. The van der Waals surface area contributed by atoms with Crippen molar-refractivity contribution < 1.29 is 0 Å². The minimum absolute atomic E-state index is 0.283. The molecule has 2 heterocycles. The first-order valence-corrected chi connectivity index (χ1v) is 18.2. The molecule has 0 saturated heterocycles. The maximum absolute atomic E-state index is 5.28. The molecule has 1 atom stereocenters. The molecule has 7 aromatic carbocycles. The summed E-state index contributed by atoms with van der Waals surface area (Å²) in [5.74, 6) is 0.719. The van der Waals surface area contributed by atoms with Gasteiger partial charge in [-0.15, -0.1) is 11.3 Å². The lowest BCUT2D eigenvalue weighted by Gasteiger charge is -2.28. The van der Waals surface area contributed by atoms with Crippen molar-refractivity contribution >= 4 is 31.5 Å². The van der Waals surface area contributed by atoms with Crippen LogP contribution in [0.15, 0.2) is 176 Å². The van der Waals surface area contributed by atoms with Gasteiger partial charge in [-0.3, -0.25) is 0 Å². The summed E-state index contributed by atoms with van der Waals surface area (Å²) in [4.78, 5) is 10.5. The Labute approximate surface area is 301 Å². The predicted molar refractivity (Wildman–Crippen MR) is 214 cm³/mol. The summed E-state index contributed by atoms with van der Waals surface area (Å²) < 4.78 is 2.64. The Bertz CT molecular complexity index is 2750. The maximum atomic E-state index is 5.28. The van der Waals surface area contributed by atoms with Gasteiger partial charge >= 0.3 is 0 Å². The second-order valence-electron chi connectivity index (χ2n) is 13.5. The van der Waals surface area contributed by atoms with E-state index in [1.165, 1.54) is 59.1 Å². The van der Waals surface area contributed by atoms with Crippen molar-refractivity contribution in [3.8, 4) is 56.2 Å². The van der Waals surface area contributed by atoms with Gasteiger partial charge in [-0.05, 0) is 58.0 Å². The fourth-order valence-electron chi connectivity index (χ4n) is 8.08. The summed E-state index contributed by atoms with van der Waals surface area (Å²) in [5.41, 5.74) is 13.6. The number of hydrogen-bond donors (Lipinski definition) is 0. The lowest BCUT2D eigenvalue weighted by atomic mass is 9.74. The highest BCUT2D eigenvalue weighted by Crippen LogP contribution is 2.55. The first-order chi connectivity index (χ1) is 25.2. The third-order valence-corrected chi connectivity index (χ3v) is 11.8. The predicted octanol–water partition coefficient (Wildman–Crippen LogP) is 12.8. The van der Waals surface area contributed by atoms with E-state index in [9.17, 15) is 0 Å². The molecule has 2 aromatic heterocycles. The molecule has 1 unspecified atom stereocenters. The molecule has 10 rings (SSSR count). The average molecular weight is 669 g/mol.